The molecule has 0 radical (unpaired) electrons. The number of aliphatic hydroxyl groups excluding tert-OH is 1. The van der Waals surface area contributed by atoms with Gasteiger partial charge < -0.3 is 20.1 Å². The molecule has 0 fully saturated rings. The molecule has 1 aromatic heterocycles. The van der Waals surface area contributed by atoms with Gasteiger partial charge in [-0.25, -0.2) is 4.79 Å². The maximum Gasteiger partial charge on any atom is 0.410 e. The molecule has 0 aliphatic heterocycles. The lowest BCUT2D eigenvalue weighted by molar-refractivity contribution is 0.0164. The van der Waals surface area contributed by atoms with Crippen LogP contribution in [0.1, 0.15) is 32.6 Å². The van der Waals surface area contributed by atoms with E-state index in [0.717, 1.165) is 11.0 Å². The molecule has 126 valence electrons. The van der Waals surface area contributed by atoms with Crippen molar-refractivity contribution in [2.45, 2.75) is 45.9 Å². The predicted octanol–water partition coefficient (Wildman–Crippen LogP) is 3.22. The maximum atomic E-state index is 12.1. The highest BCUT2D eigenvalue weighted by Crippen LogP contribution is 2.22. The van der Waals surface area contributed by atoms with Crippen LogP contribution in [0, 0.1) is 0 Å². The molecule has 5 nitrogen and oxygen atoms in total. The fraction of sp³-hybridized carbons (Fsp3) is 0.667. The summed E-state index contributed by atoms with van der Waals surface area (Å²) >= 11 is 5.17. The SMILES string of the molecule is CC(O)CN(CCNCc1sccc1Br)C(=O)OC(C)(C)C. The number of amides is 1. The summed E-state index contributed by atoms with van der Waals surface area (Å²) in [6.07, 6.45) is -0.980. The van der Waals surface area contributed by atoms with Gasteiger partial charge in [-0.15, -0.1) is 11.3 Å². The lowest BCUT2D eigenvalue weighted by Gasteiger charge is -2.28. The quantitative estimate of drug-likeness (QED) is 0.699. The number of ether oxygens (including phenoxy) is 1. The van der Waals surface area contributed by atoms with Gasteiger partial charge >= 0.3 is 6.09 Å². The van der Waals surface area contributed by atoms with Crippen molar-refractivity contribution < 1.29 is 14.6 Å². The summed E-state index contributed by atoms with van der Waals surface area (Å²) in [5.74, 6) is 0. The van der Waals surface area contributed by atoms with Crippen LogP contribution in [0.5, 0.6) is 0 Å². The topological polar surface area (TPSA) is 61.8 Å². The van der Waals surface area contributed by atoms with Gasteiger partial charge in [0.15, 0.2) is 0 Å². The van der Waals surface area contributed by atoms with Crippen LogP contribution in [0.4, 0.5) is 4.79 Å². The number of halogens is 1. The first-order valence-electron chi connectivity index (χ1n) is 7.27. The van der Waals surface area contributed by atoms with Crippen molar-refractivity contribution in [2.24, 2.45) is 0 Å². The van der Waals surface area contributed by atoms with Gasteiger partial charge in [-0.3, -0.25) is 0 Å². The second-order valence-electron chi connectivity index (χ2n) is 6.14. The van der Waals surface area contributed by atoms with E-state index in [9.17, 15) is 9.90 Å². The Labute approximate surface area is 144 Å². The molecule has 7 heteroatoms. The van der Waals surface area contributed by atoms with Crippen LogP contribution in [0.15, 0.2) is 15.9 Å². The van der Waals surface area contributed by atoms with Gasteiger partial charge in [0.1, 0.15) is 5.60 Å². The van der Waals surface area contributed by atoms with Gasteiger partial charge in [0.2, 0.25) is 0 Å². The summed E-state index contributed by atoms with van der Waals surface area (Å²) in [6.45, 7) is 9.29. The summed E-state index contributed by atoms with van der Waals surface area (Å²) in [5, 5.41) is 14.9. The molecule has 0 saturated carbocycles. The first-order chi connectivity index (χ1) is 10.2. The van der Waals surface area contributed by atoms with E-state index in [4.69, 9.17) is 4.74 Å². The number of nitrogens with one attached hydrogen (secondary N) is 1. The second kappa shape index (κ2) is 8.86. The highest BCUT2D eigenvalue weighted by Gasteiger charge is 2.22. The molecule has 1 rings (SSSR count). The second-order valence-corrected chi connectivity index (χ2v) is 8.00. The molecule has 1 aromatic rings. The Bertz CT molecular complexity index is 472. The molecule has 22 heavy (non-hydrogen) atoms. The summed E-state index contributed by atoms with van der Waals surface area (Å²) in [6, 6.07) is 2.02. The third-order valence-electron chi connectivity index (χ3n) is 2.67. The predicted molar refractivity (Wildman–Crippen MR) is 93.2 cm³/mol. The highest BCUT2D eigenvalue weighted by molar-refractivity contribution is 9.10. The van der Waals surface area contributed by atoms with Crippen molar-refractivity contribution in [1.29, 1.82) is 0 Å². The number of thiophene rings is 1. The van der Waals surface area contributed by atoms with E-state index in [0.29, 0.717) is 13.1 Å². The summed E-state index contributed by atoms with van der Waals surface area (Å²) < 4.78 is 6.46. The van der Waals surface area contributed by atoms with Crippen LogP contribution in [0.2, 0.25) is 0 Å². The Hall–Kier alpha value is -0.630. The van der Waals surface area contributed by atoms with Crippen molar-refractivity contribution in [3.05, 3.63) is 20.8 Å². The molecule has 0 spiro atoms. The molecule has 1 amide bonds. The lowest BCUT2D eigenvalue weighted by Crippen LogP contribution is -2.43. The zero-order valence-corrected chi connectivity index (χ0v) is 16.0. The van der Waals surface area contributed by atoms with Gasteiger partial charge in [0.05, 0.1) is 6.10 Å². The van der Waals surface area contributed by atoms with E-state index in [1.807, 2.05) is 32.2 Å². The van der Waals surface area contributed by atoms with E-state index in [1.54, 1.807) is 18.3 Å². The summed E-state index contributed by atoms with van der Waals surface area (Å²) in [7, 11) is 0. The molecule has 0 aliphatic carbocycles. The van der Waals surface area contributed by atoms with Crippen LogP contribution in [0.3, 0.4) is 0 Å². The van der Waals surface area contributed by atoms with E-state index in [1.165, 1.54) is 9.78 Å². The van der Waals surface area contributed by atoms with Gasteiger partial charge in [-0.2, -0.15) is 0 Å². The third kappa shape index (κ3) is 7.58. The first-order valence-corrected chi connectivity index (χ1v) is 8.95. The smallest absolute Gasteiger partial charge is 0.410 e. The van der Waals surface area contributed by atoms with E-state index in [2.05, 4.69) is 21.2 Å². The third-order valence-corrected chi connectivity index (χ3v) is 4.60. The van der Waals surface area contributed by atoms with Gasteiger partial charge in [-0.05, 0) is 55.1 Å². The molecule has 1 atom stereocenters. The van der Waals surface area contributed by atoms with Gasteiger partial charge in [0, 0.05) is 35.5 Å². The van der Waals surface area contributed by atoms with Crippen molar-refractivity contribution >= 4 is 33.4 Å². The van der Waals surface area contributed by atoms with Crippen molar-refractivity contribution in [3.63, 3.8) is 0 Å². The number of rotatable bonds is 7. The number of nitrogens with zero attached hydrogens (tertiary/aromatic N) is 1. The van der Waals surface area contributed by atoms with Crippen LogP contribution < -0.4 is 5.32 Å². The summed E-state index contributed by atoms with van der Waals surface area (Å²) in [4.78, 5) is 14.9. The Morgan fingerprint density at radius 3 is 2.73 bits per heavy atom. The summed E-state index contributed by atoms with van der Waals surface area (Å²) in [5.41, 5.74) is -0.538. The molecule has 0 saturated heterocycles. The minimum Gasteiger partial charge on any atom is -0.444 e. The Balaban J connectivity index is 2.44. The average Bonchev–Trinajstić information content (AvgIpc) is 2.76. The zero-order valence-electron chi connectivity index (χ0n) is 13.6. The van der Waals surface area contributed by atoms with Crippen molar-refractivity contribution in [3.8, 4) is 0 Å². The Morgan fingerprint density at radius 1 is 1.55 bits per heavy atom. The van der Waals surface area contributed by atoms with Crippen molar-refractivity contribution in [1.82, 2.24) is 10.2 Å². The molecule has 0 aromatic carbocycles. The van der Waals surface area contributed by atoms with Gasteiger partial charge in [0.25, 0.3) is 0 Å². The zero-order chi connectivity index (χ0) is 16.8. The molecule has 1 heterocycles. The number of aliphatic hydroxyl groups is 1. The van der Waals surface area contributed by atoms with Crippen LogP contribution in [-0.4, -0.2) is 47.4 Å². The monoisotopic (exact) mass is 392 g/mol. The minimum absolute atomic E-state index is 0.263. The Morgan fingerprint density at radius 2 is 2.23 bits per heavy atom. The standard InChI is InChI=1S/C15H25BrN2O3S/c1-11(19)10-18(14(20)21-15(2,3)4)7-6-17-9-13-12(16)5-8-22-13/h5,8,11,17,19H,6-7,9-10H2,1-4H3. The maximum absolute atomic E-state index is 12.1. The molecule has 1 unspecified atom stereocenters. The highest BCUT2D eigenvalue weighted by atomic mass is 79.9. The van der Waals surface area contributed by atoms with E-state index < -0.39 is 17.8 Å². The Kier molecular flexibility index (Phi) is 7.82. The fourth-order valence-electron chi connectivity index (χ4n) is 1.77. The molecular formula is C15H25BrN2O3S. The minimum atomic E-state index is -0.584. The van der Waals surface area contributed by atoms with Crippen molar-refractivity contribution in [2.75, 3.05) is 19.6 Å². The normalized spacial score (nSPS) is 13.0. The largest absolute Gasteiger partial charge is 0.444 e. The number of hydrogen-bond donors (Lipinski definition) is 2. The van der Waals surface area contributed by atoms with Crippen LogP contribution in [0.25, 0.3) is 0 Å². The first kappa shape index (κ1) is 19.4. The van der Waals surface area contributed by atoms with E-state index in [-0.39, 0.29) is 6.54 Å². The van der Waals surface area contributed by atoms with Gasteiger partial charge in [-0.1, -0.05) is 0 Å². The molecule has 2 N–H and O–H groups in total. The number of carbonyl (C=O) groups excluding carboxylic acids is 1. The lowest BCUT2D eigenvalue weighted by atomic mass is 10.2. The number of carbonyl (C=O) groups is 1. The van der Waals surface area contributed by atoms with Crippen LogP contribution in [-0.2, 0) is 11.3 Å². The molecular weight excluding hydrogens is 368 g/mol. The average molecular weight is 393 g/mol. The number of hydrogen-bond acceptors (Lipinski definition) is 5. The van der Waals surface area contributed by atoms with E-state index >= 15 is 0 Å². The molecule has 0 aliphatic rings. The van der Waals surface area contributed by atoms with Crippen LogP contribution >= 0.6 is 27.3 Å². The molecule has 0 bridgehead atoms. The fourth-order valence-corrected chi connectivity index (χ4v) is 3.23.